The van der Waals surface area contributed by atoms with Crippen LogP contribution in [0, 0.1) is 0 Å². The van der Waals surface area contributed by atoms with E-state index in [-0.39, 0.29) is 0 Å². The molecule has 96 valence electrons. The van der Waals surface area contributed by atoms with Gasteiger partial charge in [-0.2, -0.15) is 0 Å². The molecule has 1 saturated carbocycles. The van der Waals surface area contributed by atoms with Crippen LogP contribution in [0.4, 0.5) is 5.69 Å². The largest absolute Gasteiger partial charge is 0.309 e. The second-order valence-electron chi connectivity index (χ2n) is 5.54. The molecular weight excluding hydrogens is 222 g/mol. The van der Waals surface area contributed by atoms with Gasteiger partial charge in [-0.15, -0.1) is 0 Å². The lowest BCUT2D eigenvalue weighted by Crippen LogP contribution is -2.41. The summed E-state index contributed by atoms with van der Waals surface area (Å²) in [4.78, 5) is 14.5. The van der Waals surface area contributed by atoms with Gasteiger partial charge in [-0.1, -0.05) is 37.5 Å². The predicted octanol–water partition coefficient (Wildman–Crippen LogP) is 3.69. The number of nitrogens with zero attached hydrogens (tertiary/aromatic N) is 1. The molecule has 2 aliphatic rings. The highest BCUT2D eigenvalue weighted by Crippen LogP contribution is 2.33. The Morgan fingerprint density at radius 1 is 0.944 bits per heavy atom. The van der Waals surface area contributed by atoms with Crippen LogP contribution in [0.1, 0.15) is 50.5 Å². The van der Waals surface area contributed by atoms with Crippen LogP contribution < -0.4 is 4.90 Å². The predicted molar refractivity (Wildman–Crippen MR) is 73.7 cm³/mol. The summed E-state index contributed by atoms with van der Waals surface area (Å²) in [7, 11) is 0. The molecule has 1 fully saturated rings. The van der Waals surface area contributed by atoms with Crippen LogP contribution in [0.3, 0.4) is 0 Å². The Hall–Kier alpha value is -1.31. The van der Waals surface area contributed by atoms with Crippen molar-refractivity contribution < 1.29 is 4.79 Å². The third kappa shape index (κ3) is 2.16. The summed E-state index contributed by atoms with van der Waals surface area (Å²) in [6, 6.07) is 8.92. The molecule has 0 unspecified atom stereocenters. The highest BCUT2D eigenvalue weighted by Gasteiger charge is 2.29. The number of aryl methyl sites for hydroxylation is 1. The van der Waals surface area contributed by atoms with Gasteiger partial charge in [0.25, 0.3) is 0 Å². The molecule has 0 aromatic heterocycles. The van der Waals surface area contributed by atoms with Gasteiger partial charge in [-0.3, -0.25) is 4.79 Å². The molecule has 0 saturated heterocycles. The number of hydrogen-bond acceptors (Lipinski definition) is 1. The van der Waals surface area contributed by atoms with Crippen LogP contribution in [-0.2, 0) is 11.2 Å². The van der Waals surface area contributed by atoms with E-state index in [0.717, 1.165) is 12.8 Å². The first-order valence-electron chi connectivity index (χ1n) is 7.26. The van der Waals surface area contributed by atoms with Crippen molar-refractivity contribution in [1.82, 2.24) is 0 Å². The van der Waals surface area contributed by atoms with Crippen LogP contribution in [0.5, 0.6) is 0 Å². The minimum Gasteiger partial charge on any atom is -0.309 e. The van der Waals surface area contributed by atoms with Crippen LogP contribution in [0.15, 0.2) is 24.3 Å². The molecule has 1 aliphatic heterocycles. The fraction of sp³-hybridized carbons (Fsp3) is 0.562. The highest BCUT2D eigenvalue weighted by atomic mass is 16.2. The molecule has 1 aromatic carbocycles. The maximum Gasteiger partial charge on any atom is 0.227 e. The third-order valence-corrected chi connectivity index (χ3v) is 4.30. The van der Waals surface area contributed by atoms with Crippen molar-refractivity contribution in [2.24, 2.45) is 0 Å². The summed E-state index contributed by atoms with van der Waals surface area (Å²) in [6.07, 6.45) is 9.00. The molecule has 1 amide bonds. The van der Waals surface area contributed by atoms with Gasteiger partial charge in [0.15, 0.2) is 0 Å². The van der Waals surface area contributed by atoms with Gasteiger partial charge in [-0.25, -0.2) is 0 Å². The van der Waals surface area contributed by atoms with E-state index in [1.807, 2.05) is 0 Å². The maximum absolute atomic E-state index is 12.4. The normalized spacial score (nSPS) is 21.6. The van der Waals surface area contributed by atoms with Crippen molar-refractivity contribution in [2.45, 2.75) is 57.4 Å². The minimum atomic E-state index is 0.340. The fourth-order valence-electron chi connectivity index (χ4n) is 3.38. The Morgan fingerprint density at radius 2 is 1.72 bits per heavy atom. The van der Waals surface area contributed by atoms with Gasteiger partial charge in [-0.05, 0) is 37.3 Å². The number of amides is 1. The van der Waals surface area contributed by atoms with Gasteiger partial charge in [0.1, 0.15) is 0 Å². The second-order valence-corrected chi connectivity index (χ2v) is 5.54. The zero-order valence-corrected chi connectivity index (χ0v) is 10.9. The summed E-state index contributed by atoms with van der Waals surface area (Å²) in [5.41, 5.74) is 2.54. The van der Waals surface area contributed by atoms with Gasteiger partial charge >= 0.3 is 0 Å². The average Bonchev–Trinajstić information content (AvgIpc) is 2.58. The number of fused-ring (bicyclic) bond motifs is 1. The first-order valence-corrected chi connectivity index (χ1v) is 7.26. The first kappa shape index (κ1) is 11.8. The van der Waals surface area contributed by atoms with Crippen LogP contribution in [0.25, 0.3) is 0 Å². The molecule has 1 heterocycles. The number of benzene rings is 1. The van der Waals surface area contributed by atoms with Crippen molar-refractivity contribution in [1.29, 1.82) is 0 Å². The zero-order valence-electron chi connectivity index (χ0n) is 10.9. The fourth-order valence-corrected chi connectivity index (χ4v) is 3.38. The molecule has 2 nitrogen and oxygen atoms in total. The van der Waals surface area contributed by atoms with Crippen molar-refractivity contribution in [3.8, 4) is 0 Å². The topological polar surface area (TPSA) is 20.3 Å². The Labute approximate surface area is 109 Å². The zero-order chi connectivity index (χ0) is 12.4. The lowest BCUT2D eigenvalue weighted by molar-refractivity contribution is -0.119. The summed E-state index contributed by atoms with van der Waals surface area (Å²) in [6.45, 7) is 0. The molecule has 0 atom stereocenters. The Kier molecular flexibility index (Phi) is 3.35. The van der Waals surface area contributed by atoms with Crippen LogP contribution >= 0.6 is 0 Å². The van der Waals surface area contributed by atoms with E-state index in [1.165, 1.54) is 43.4 Å². The number of carbonyl (C=O) groups excluding carboxylic acids is 1. The van der Waals surface area contributed by atoms with E-state index < -0.39 is 0 Å². The lowest BCUT2D eigenvalue weighted by Gasteiger charge is -2.34. The second kappa shape index (κ2) is 5.13. The third-order valence-electron chi connectivity index (χ3n) is 4.30. The summed E-state index contributed by atoms with van der Waals surface area (Å²) in [5, 5.41) is 0. The smallest absolute Gasteiger partial charge is 0.227 e. The van der Waals surface area contributed by atoms with E-state index >= 15 is 0 Å². The maximum atomic E-state index is 12.4. The Bertz CT molecular complexity index is 434. The number of para-hydroxylation sites is 1. The number of anilines is 1. The van der Waals surface area contributed by atoms with Crippen molar-refractivity contribution in [3.63, 3.8) is 0 Å². The molecule has 0 bridgehead atoms. The summed E-state index contributed by atoms with van der Waals surface area (Å²) in [5.74, 6) is 0.340. The molecule has 1 aromatic rings. The first-order chi connectivity index (χ1) is 8.86. The number of carbonyl (C=O) groups is 1. The van der Waals surface area contributed by atoms with Crippen molar-refractivity contribution in [2.75, 3.05) is 4.90 Å². The Balaban J connectivity index is 1.96. The van der Waals surface area contributed by atoms with Crippen LogP contribution in [-0.4, -0.2) is 11.9 Å². The van der Waals surface area contributed by atoms with E-state index in [1.54, 1.807) is 0 Å². The average molecular weight is 243 g/mol. The molecule has 0 spiro atoms. The summed E-state index contributed by atoms with van der Waals surface area (Å²) < 4.78 is 0. The van der Waals surface area contributed by atoms with Gasteiger partial charge in [0, 0.05) is 18.2 Å². The molecule has 1 aliphatic carbocycles. The summed E-state index contributed by atoms with van der Waals surface area (Å²) >= 11 is 0. The molecule has 0 N–H and O–H groups in total. The lowest BCUT2D eigenvalue weighted by atomic mass is 9.93. The van der Waals surface area contributed by atoms with Gasteiger partial charge < -0.3 is 4.90 Å². The van der Waals surface area contributed by atoms with Crippen LogP contribution in [0.2, 0.25) is 0 Å². The molecule has 2 heteroatoms. The minimum absolute atomic E-state index is 0.340. The highest BCUT2D eigenvalue weighted by molar-refractivity contribution is 5.95. The molecular formula is C16H21NO. The van der Waals surface area contributed by atoms with Gasteiger partial charge in [0.05, 0.1) is 0 Å². The van der Waals surface area contributed by atoms with Crippen molar-refractivity contribution in [3.05, 3.63) is 29.8 Å². The van der Waals surface area contributed by atoms with E-state index in [0.29, 0.717) is 18.4 Å². The molecule has 18 heavy (non-hydrogen) atoms. The van der Waals surface area contributed by atoms with E-state index in [9.17, 15) is 4.79 Å². The standard InChI is InChI=1S/C16H21NO/c18-16-12-6-8-13-7-4-5-11-15(13)17(16)14-9-2-1-3-10-14/h4-5,7,11,14H,1-3,6,8-10,12H2. The SMILES string of the molecule is O=C1CCCc2ccccc2N1C1CCCCC1. The van der Waals surface area contributed by atoms with Gasteiger partial charge in [0.2, 0.25) is 5.91 Å². The molecule has 3 rings (SSSR count). The quantitative estimate of drug-likeness (QED) is 0.736. The Morgan fingerprint density at radius 3 is 2.56 bits per heavy atom. The molecule has 0 radical (unpaired) electrons. The van der Waals surface area contributed by atoms with E-state index in [4.69, 9.17) is 0 Å². The number of rotatable bonds is 1. The number of hydrogen-bond donors (Lipinski definition) is 0. The van der Waals surface area contributed by atoms with E-state index in [2.05, 4.69) is 29.2 Å². The monoisotopic (exact) mass is 243 g/mol. The van der Waals surface area contributed by atoms with Crippen molar-refractivity contribution >= 4 is 11.6 Å².